The van der Waals surface area contributed by atoms with Crippen molar-refractivity contribution >= 4 is 18.2 Å². The number of oxime groups is 1. The van der Waals surface area contributed by atoms with Crippen molar-refractivity contribution in [2.45, 2.75) is 44.8 Å². The summed E-state index contributed by atoms with van der Waals surface area (Å²) >= 11 is 0. The summed E-state index contributed by atoms with van der Waals surface area (Å²) in [6, 6.07) is 0. The maximum atomic E-state index is 11.7. The number of rotatable bonds is 4. The number of carboxylic acids is 1. The summed E-state index contributed by atoms with van der Waals surface area (Å²) in [5.74, 6) is -1.72. The van der Waals surface area contributed by atoms with Crippen LogP contribution in [0.1, 0.15) is 33.6 Å². The molecule has 1 N–H and O–H groups in total. The van der Waals surface area contributed by atoms with E-state index in [0.29, 0.717) is 19.1 Å². The number of hydrogen-bond donors (Lipinski definition) is 1. The van der Waals surface area contributed by atoms with Gasteiger partial charge in [0.15, 0.2) is 6.21 Å². The molecule has 6 nitrogen and oxygen atoms in total. The Kier molecular flexibility index (Phi) is 3.21. The number of aliphatic carboxylic acids is 1. The van der Waals surface area contributed by atoms with Gasteiger partial charge in [0.25, 0.3) is 0 Å². The Morgan fingerprint density at radius 2 is 1.94 bits per heavy atom. The van der Waals surface area contributed by atoms with Crippen molar-refractivity contribution in [1.82, 2.24) is 0 Å². The predicted molar refractivity (Wildman–Crippen MR) is 55.0 cm³/mol. The summed E-state index contributed by atoms with van der Waals surface area (Å²) in [7, 11) is 0. The number of nitrogens with zero attached hydrogens (tertiary/aromatic N) is 1. The average Bonchev–Trinajstić information content (AvgIpc) is 2.81. The van der Waals surface area contributed by atoms with Crippen LogP contribution < -0.4 is 0 Å². The molecule has 0 aromatic carbocycles. The maximum absolute atomic E-state index is 11.7. The summed E-state index contributed by atoms with van der Waals surface area (Å²) in [4.78, 5) is 26.7. The molecule has 90 valence electrons. The standard InChI is InChI=1S/C10H15NO5/c1-9(2,3)15-8(14)10(4-5-10)16-11-6-7(12)13/h6H,4-5H2,1-3H3,(H,12,13). The molecular formula is C10H15NO5. The first-order valence-corrected chi connectivity index (χ1v) is 4.93. The first-order valence-electron chi connectivity index (χ1n) is 4.93. The van der Waals surface area contributed by atoms with E-state index < -0.39 is 23.1 Å². The Morgan fingerprint density at radius 3 is 2.31 bits per heavy atom. The molecule has 0 radical (unpaired) electrons. The van der Waals surface area contributed by atoms with Crippen molar-refractivity contribution in [3.8, 4) is 0 Å². The van der Waals surface area contributed by atoms with Crippen molar-refractivity contribution < 1.29 is 24.3 Å². The lowest BCUT2D eigenvalue weighted by atomic mass is 10.2. The van der Waals surface area contributed by atoms with E-state index in [1.807, 2.05) is 0 Å². The van der Waals surface area contributed by atoms with Gasteiger partial charge in [-0.3, -0.25) is 0 Å². The summed E-state index contributed by atoms with van der Waals surface area (Å²) in [6.07, 6.45) is 1.60. The maximum Gasteiger partial charge on any atom is 0.353 e. The van der Waals surface area contributed by atoms with E-state index in [2.05, 4.69) is 5.16 Å². The highest BCUT2D eigenvalue weighted by Gasteiger charge is 2.56. The SMILES string of the molecule is CC(C)(C)OC(=O)C1(ON=CC(=O)O)CC1. The van der Waals surface area contributed by atoms with E-state index in [1.54, 1.807) is 20.8 Å². The predicted octanol–water partition coefficient (Wildman–Crippen LogP) is 0.948. The second-order valence-electron chi connectivity index (χ2n) is 4.66. The van der Waals surface area contributed by atoms with Crippen molar-refractivity contribution in [3.63, 3.8) is 0 Å². The van der Waals surface area contributed by atoms with Gasteiger partial charge < -0.3 is 14.7 Å². The number of carbonyl (C=O) groups excluding carboxylic acids is 1. The number of carboxylic acid groups (broad SMARTS) is 1. The topological polar surface area (TPSA) is 85.2 Å². The second-order valence-corrected chi connectivity index (χ2v) is 4.66. The Balaban J connectivity index is 2.52. The summed E-state index contributed by atoms with van der Waals surface area (Å²) in [6.45, 7) is 5.25. The molecule has 0 heterocycles. The van der Waals surface area contributed by atoms with Crippen LogP contribution in [0.2, 0.25) is 0 Å². The number of esters is 1. The smallest absolute Gasteiger partial charge is 0.353 e. The minimum Gasteiger partial charge on any atom is -0.477 e. The number of hydrogen-bond acceptors (Lipinski definition) is 5. The van der Waals surface area contributed by atoms with E-state index in [-0.39, 0.29) is 0 Å². The lowest BCUT2D eigenvalue weighted by molar-refractivity contribution is -0.172. The highest BCUT2D eigenvalue weighted by molar-refractivity contribution is 6.21. The fourth-order valence-electron chi connectivity index (χ4n) is 0.990. The normalized spacial score (nSPS) is 18.2. The molecule has 0 bridgehead atoms. The molecule has 1 rings (SSSR count). The Morgan fingerprint density at radius 1 is 1.38 bits per heavy atom. The molecule has 6 heteroatoms. The fourth-order valence-corrected chi connectivity index (χ4v) is 0.990. The first-order chi connectivity index (χ1) is 7.25. The van der Waals surface area contributed by atoms with Gasteiger partial charge >= 0.3 is 11.9 Å². The third-order valence-electron chi connectivity index (χ3n) is 1.87. The van der Waals surface area contributed by atoms with Gasteiger partial charge in [-0.1, -0.05) is 5.16 Å². The van der Waals surface area contributed by atoms with Gasteiger partial charge in [-0.2, -0.15) is 0 Å². The fraction of sp³-hybridized carbons (Fsp3) is 0.700. The molecule has 0 aliphatic heterocycles. The Bertz CT molecular complexity index is 325. The van der Waals surface area contributed by atoms with Crippen LogP contribution in [0.15, 0.2) is 5.16 Å². The van der Waals surface area contributed by atoms with Crippen LogP contribution in [0.5, 0.6) is 0 Å². The van der Waals surface area contributed by atoms with E-state index in [1.165, 1.54) is 0 Å². The van der Waals surface area contributed by atoms with Gasteiger partial charge in [-0.15, -0.1) is 0 Å². The van der Waals surface area contributed by atoms with Crippen LogP contribution in [0, 0.1) is 0 Å². The summed E-state index contributed by atoms with van der Waals surface area (Å²) in [5.41, 5.74) is -1.66. The van der Waals surface area contributed by atoms with Gasteiger partial charge in [-0.25, -0.2) is 9.59 Å². The Hall–Kier alpha value is -1.59. The van der Waals surface area contributed by atoms with Gasteiger partial charge in [-0.05, 0) is 20.8 Å². The molecule has 1 aliphatic rings. The van der Waals surface area contributed by atoms with Crippen LogP contribution in [0.4, 0.5) is 0 Å². The van der Waals surface area contributed by atoms with Crippen molar-refractivity contribution in [2.75, 3.05) is 0 Å². The molecule has 1 saturated carbocycles. The number of ether oxygens (including phenoxy) is 1. The highest BCUT2D eigenvalue weighted by Crippen LogP contribution is 2.41. The first kappa shape index (κ1) is 12.5. The van der Waals surface area contributed by atoms with Crippen molar-refractivity contribution in [2.24, 2.45) is 5.16 Å². The molecule has 0 spiro atoms. The van der Waals surface area contributed by atoms with Gasteiger partial charge in [0.05, 0.1) is 0 Å². The molecule has 1 aliphatic carbocycles. The minimum absolute atomic E-state index is 0.498. The van der Waals surface area contributed by atoms with E-state index in [0.717, 1.165) is 0 Å². The quantitative estimate of drug-likeness (QED) is 0.440. The van der Waals surface area contributed by atoms with Gasteiger partial charge in [0, 0.05) is 12.8 Å². The van der Waals surface area contributed by atoms with Crippen LogP contribution in [0.3, 0.4) is 0 Å². The second kappa shape index (κ2) is 4.11. The third kappa shape index (κ3) is 3.52. The van der Waals surface area contributed by atoms with Crippen LogP contribution >= 0.6 is 0 Å². The molecule has 1 fully saturated rings. The number of carbonyl (C=O) groups is 2. The van der Waals surface area contributed by atoms with Crippen LogP contribution in [0.25, 0.3) is 0 Å². The molecule has 0 aromatic heterocycles. The molecule has 0 saturated heterocycles. The van der Waals surface area contributed by atoms with E-state index in [4.69, 9.17) is 14.7 Å². The molecule has 0 amide bonds. The van der Waals surface area contributed by atoms with E-state index >= 15 is 0 Å². The van der Waals surface area contributed by atoms with Crippen molar-refractivity contribution in [1.29, 1.82) is 0 Å². The molecule has 0 unspecified atom stereocenters. The molecule has 16 heavy (non-hydrogen) atoms. The minimum atomic E-state index is -1.22. The van der Waals surface area contributed by atoms with Gasteiger partial charge in [0.2, 0.25) is 5.60 Å². The van der Waals surface area contributed by atoms with Crippen LogP contribution in [-0.2, 0) is 19.2 Å². The lowest BCUT2D eigenvalue weighted by Gasteiger charge is -2.22. The zero-order valence-electron chi connectivity index (χ0n) is 9.52. The Labute approximate surface area is 93.2 Å². The zero-order valence-corrected chi connectivity index (χ0v) is 9.52. The van der Waals surface area contributed by atoms with Crippen molar-refractivity contribution in [3.05, 3.63) is 0 Å². The summed E-state index contributed by atoms with van der Waals surface area (Å²) < 4.78 is 5.14. The third-order valence-corrected chi connectivity index (χ3v) is 1.87. The molecule has 0 atom stereocenters. The average molecular weight is 229 g/mol. The molecular weight excluding hydrogens is 214 g/mol. The lowest BCUT2D eigenvalue weighted by Crippen LogP contribution is -2.34. The largest absolute Gasteiger partial charge is 0.477 e. The monoisotopic (exact) mass is 229 g/mol. The zero-order chi connectivity index (χ0) is 12.4. The van der Waals surface area contributed by atoms with Crippen LogP contribution in [-0.4, -0.2) is 34.5 Å². The van der Waals surface area contributed by atoms with E-state index in [9.17, 15) is 9.59 Å². The highest BCUT2D eigenvalue weighted by atomic mass is 16.7. The summed E-state index contributed by atoms with van der Waals surface area (Å²) in [5, 5.41) is 11.5. The van der Waals surface area contributed by atoms with Gasteiger partial charge in [0.1, 0.15) is 5.60 Å². The molecule has 0 aromatic rings.